The predicted octanol–water partition coefficient (Wildman–Crippen LogP) is 3.43. The molecule has 0 bridgehead atoms. The van der Waals surface area contributed by atoms with Gasteiger partial charge in [-0.3, -0.25) is 0 Å². The van der Waals surface area contributed by atoms with Crippen LogP contribution in [-0.4, -0.2) is 19.8 Å². The van der Waals surface area contributed by atoms with Gasteiger partial charge in [-0.1, -0.05) is 24.3 Å². The quantitative estimate of drug-likeness (QED) is 0.626. The van der Waals surface area contributed by atoms with Crippen molar-refractivity contribution in [3.63, 3.8) is 0 Å². The Morgan fingerprint density at radius 1 is 0.857 bits per heavy atom. The zero-order chi connectivity index (χ0) is 15.1. The lowest BCUT2D eigenvalue weighted by molar-refractivity contribution is 0.208. The first-order valence-corrected chi connectivity index (χ1v) is 7.05. The summed E-state index contributed by atoms with van der Waals surface area (Å²) in [6.45, 7) is 5.38. The third kappa shape index (κ3) is 4.05. The van der Waals surface area contributed by atoms with E-state index in [0.717, 1.165) is 22.8 Å². The van der Waals surface area contributed by atoms with E-state index in [1.807, 2.05) is 56.3 Å². The van der Waals surface area contributed by atoms with Crippen molar-refractivity contribution < 1.29 is 14.2 Å². The number of para-hydroxylation sites is 3. The molecule has 0 amide bonds. The van der Waals surface area contributed by atoms with Crippen LogP contribution in [0.15, 0.2) is 42.5 Å². The number of ether oxygens (including phenoxy) is 3. The molecule has 0 aliphatic rings. The Morgan fingerprint density at radius 3 is 2.19 bits per heavy atom. The van der Waals surface area contributed by atoms with Gasteiger partial charge in [0.25, 0.3) is 0 Å². The van der Waals surface area contributed by atoms with Gasteiger partial charge in [-0.15, -0.1) is 0 Å². The summed E-state index contributed by atoms with van der Waals surface area (Å²) in [6, 6.07) is 13.3. The van der Waals surface area contributed by atoms with Crippen molar-refractivity contribution in [2.75, 3.05) is 25.6 Å². The molecule has 2 aromatic carbocycles. The molecule has 0 atom stereocenters. The molecule has 21 heavy (non-hydrogen) atoms. The molecule has 112 valence electrons. The molecule has 2 rings (SSSR count). The number of anilines is 1. The Morgan fingerprint density at radius 2 is 1.52 bits per heavy atom. The molecule has 0 aromatic heterocycles. The Balaban J connectivity index is 1.88. The minimum Gasteiger partial charge on any atom is -0.490 e. The maximum atomic E-state index is 5.89. The van der Waals surface area contributed by atoms with E-state index in [1.54, 1.807) is 0 Å². The standard InChI is InChI=1S/C17H21NO3/c1-3-19-15-9-4-5-10-16(15)20-11-12-21-17-13(2)7-6-8-14(17)18/h4-10H,3,11-12,18H2,1-2H3. The lowest BCUT2D eigenvalue weighted by Gasteiger charge is -2.14. The molecule has 0 saturated heterocycles. The van der Waals surface area contributed by atoms with Crippen molar-refractivity contribution in [1.29, 1.82) is 0 Å². The van der Waals surface area contributed by atoms with Crippen molar-refractivity contribution >= 4 is 5.69 Å². The number of hydrogen-bond donors (Lipinski definition) is 1. The number of nitrogen functional groups attached to an aromatic ring is 1. The smallest absolute Gasteiger partial charge is 0.161 e. The van der Waals surface area contributed by atoms with Gasteiger partial charge in [0.2, 0.25) is 0 Å². The highest BCUT2D eigenvalue weighted by Gasteiger charge is 2.05. The summed E-state index contributed by atoms with van der Waals surface area (Å²) in [7, 11) is 0. The summed E-state index contributed by atoms with van der Waals surface area (Å²) in [5.74, 6) is 2.19. The molecule has 4 heteroatoms. The Labute approximate surface area is 125 Å². The zero-order valence-corrected chi connectivity index (χ0v) is 12.5. The van der Waals surface area contributed by atoms with Crippen LogP contribution in [0.4, 0.5) is 5.69 Å². The van der Waals surface area contributed by atoms with E-state index in [-0.39, 0.29) is 0 Å². The van der Waals surface area contributed by atoms with Gasteiger partial charge in [0, 0.05) is 0 Å². The molecule has 0 heterocycles. The van der Waals surface area contributed by atoms with Gasteiger partial charge >= 0.3 is 0 Å². The van der Waals surface area contributed by atoms with Gasteiger partial charge in [0.05, 0.1) is 12.3 Å². The van der Waals surface area contributed by atoms with Crippen LogP contribution in [0.3, 0.4) is 0 Å². The predicted molar refractivity (Wildman–Crippen MR) is 84.2 cm³/mol. The monoisotopic (exact) mass is 287 g/mol. The first kappa shape index (κ1) is 15.0. The number of aryl methyl sites for hydroxylation is 1. The van der Waals surface area contributed by atoms with E-state index in [1.165, 1.54) is 0 Å². The van der Waals surface area contributed by atoms with E-state index in [0.29, 0.717) is 25.5 Å². The lowest BCUT2D eigenvalue weighted by Crippen LogP contribution is -2.11. The molecular formula is C17H21NO3. The van der Waals surface area contributed by atoms with Crippen LogP contribution in [-0.2, 0) is 0 Å². The average molecular weight is 287 g/mol. The highest BCUT2D eigenvalue weighted by Crippen LogP contribution is 2.27. The van der Waals surface area contributed by atoms with Gasteiger partial charge in [0.1, 0.15) is 19.0 Å². The van der Waals surface area contributed by atoms with Gasteiger partial charge in [-0.2, -0.15) is 0 Å². The van der Waals surface area contributed by atoms with Gasteiger partial charge < -0.3 is 19.9 Å². The lowest BCUT2D eigenvalue weighted by atomic mass is 10.2. The van der Waals surface area contributed by atoms with Crippen LogP contribution in [0.1, 0.15) is 12.5 Å². The van der Waals surface area contributed by atoms with Gasteiger partial charge in [-0.25, -0.2) is 0 Å². The number of nitrogens with two attached hydrogens (primary N) is 1. The summed E-state index contributed by atoms with van der Waals surface area (Å²) in [4.78, 5) is 0. The van der Waals surface area contributed by atoms with Crippen molar-refractivity contribution in [3.8, 4) is 17.2 Å². The van der Waals surface area contributed by atoms with Crippen molar-refractivity contribution in [3.05, 3.63) is 48.0 Å². The summed E-state index contributed by atoms with van der Waals surface area (Å²) in [5.41, 5.74) is 7.55. The third-order valence-electron chi connectivity index (χ3n) is 2.98. The Kier molecular flexibility index (Phi) is 5.32. The van der Waals surface area contributed by atoms with E-state index >= 15 is 0 Å². The first-order chi connectivity index (χ1) is 10.2. The molecule has 0 unspecified atom stereocenters. The van der Waals surface area contributed by atoms with Crippen LogP contribution < -0.4 is 19.9 Å². The number of benzene rings is 2. The second-order valence-electron chi connectivity index (χ2n) is 4.57. The minimum absolute atomic E-state index is 0.426. The highest BCUT2D eigenvalue weighted by molar-refractivity contribution is 5.56. The third-order valence-corrected chi connectivity index (χ3v) is 2.98. The van der Waals surface area contributed by atoms with Crippen LogP contribution in [0.25, 0.3) is 0 Å². The normalized spacial score (nSPS) is 10.2. The van der Waals surface area contributed by atoms with E-state index in [9.17, 15) is 0 Å². The number of hydrogen-bond acceptors (Lipinski definition) is 4. The second kappa shape index (κ2) is 7.43. The molecule has 0 fully saturated rings. The van der Waals surface area contributed by atoms with Gasteiger partial charge in [-0.05, 0) is 37.6 Å². The molecule has 0 aliphatic carbocycles. The first-order valence-electron chi connectivity index (χ1n) is 7.05. The maximum absolute atomic E-state index is 5.89. The molecule has 0 spiro atoms. The zero-order valence-electron chi connectivity index (χ0n) is 12.5. The van der Waals surface area contributed by atoms with Crippen LogP contribution >= 0.6 is 0 Å². The second-order valence-corrected chi connectivity index (χ2v) is 4.57. The fraction of sp³-hybridized carbons (Fsp3) is 0.294. The highest BCUT2D eigenvalue weighted by atomic mass is 16.5. The molecule has 4 nitrogen and oxygen atoms in total. The molecule has 0 saturated carbocycles. The van der Waals surface area contributed by atoms with Crippen molar-refractivity contribution in [2.24, 2.45) is 0 Å². The van der Waals surface area contributed by atoms with E-state index in [4.69, 9.17) is 19.9 Å². The fourth-order valence-corrected chi connectivity index (χ4v) is 2.01. The SMILES string of the molecule is CCOc1ccccc1OCCOc1c(C)cccc1N. The summed E-state index contributed by atoms with van der Waals surface area (Å²) < 4.78 is 16.9. The van der Waals surface area contributed by atoms with Gasteiger partial charge in [0.15, 0.2) is 11.5 Å². The summed E-state index contributed by atoms with van der Waals surface area (Å²) >= 11 is 0. The minimum atomic E-state index is 0.426. The van der Waals surface area contributed by atoms with Crippen LogP contribution in [0.2, 0.25) is 0 Å². The topological polar surface area (TPSA) is 53.7 Å². The van der Waals surface area contributed by atoms with E-state index in [2.05, 4.69) is 0 Å². The summed E-state index contributed by atoms with van der Waals surface area (Å²) in [6.07, 6.45) is 0. The molecule has 2 aromatic rings. The van der Waals surface area contributed by atoms with Crippen molar-refractivity contribution in [1.82, 2.24) is 0 Å². The Bertz CT molecular complexity index is 564. The molecular weight excluding hydrogens is 266 g/mol. The van der Waals surface area contributed by atoms with E-state index < -0.39 is 0 Å². The molecule has 2 N–H and O–H groups in total. The van der Waals surface area contributed by atoms with Crippen LogP contribution in [0, 0.1) is 6.92 Å². The largest absolute Gasteiger partial charge is 0.490 e. The maximum Gasteiger partial charge on any atom is 0.161 e. The summed E-state index contributed by atoms with van der Waals surface area (Å²) in [5, 5.41) is 0. The molecule has 0 aliphatic heterocycles. The fourth-order valence-electron chi connectivity index (χ4n) is 2.01. The number of rotatable bonds is 7. The average Bonchev–Trinajstić information content (AvgIpc) is 2.48. The van der Waals surface area contributed by atoms with Crippen molar-refractivity contribution in [2.45, 2.75) is 13.8 Å². The Hall–Kier alpha value is -2.36. The molecule has 0 radical (unpaired) electrons. The van der Waals surface area contributed by atoms with Crippen LogP contribution in [0.5, 0.6) is 17.2 Å².